The molecular weight excluding hydrogens is 302 g/mol. The highest BCUT2D eigenvalue weighted by Gasteiger charge is 2.25. The smallest absolute Gasteiger partial charge is 0.298 e. The lowest BCUT2D eigenvalue weighted by Gasteiger charge is -2.32. The summed E-state index contributed by atoms with van der Waals surface area (Å²) < 4.78 is 30.1. The summed E-state index contributed by atoms with van der Waals surface area (Å²) in [6.45, 7) is 2.01. The highest BCUT2D eigenvalue weighted by atomic mass is 35.5. The predicted molar refractivity (Wildman–Crippen MR) is 77.6 cm³/mol. The zero-order chi connectivity index (χ0) is 14.3. The molecule has 3 rings (SSSR count). The average molecular weight is 316 g/mol. The first-order chi connectivity index (χ1) is 9.43. The molecule has 0 spiro atoms. The number of benzene rings is 1. The van der Waals surface area contributed by atoms with Gasteiger partial charge < -0.3 is 9.32 Å². The summed E-state index contributed by atoms with van der Waals surface area (Å²) in [5.74, 6) is 0. The molecule has 8 heteroatoms. The van der Waals surface area contributed by atoms with Crippen LogP contribution in [0.3, 0.4) is 0 Å². The van der Waals surface area contributed by atoms with E-state index in [1.807, 2.05) is 4.90 Å². The highest BCUT2D eigenvalue weighted by molar-refractivity contribution is 7.88. The maximum atomic E-state index is 11.5. The molecular formula is C12H14ClN3O3S. The minimum absolute atomic E-state index is 0.443. The Morgan fingerprint density at radius 3 is 2.60 bits per heavy atom. The van der Waals surface area contributed by atoms with Crippen molar-refractivity contribution in [1.82, 2.24) is 9.29 Å². The Morgan fingerprint density at radius 2 is 1.95 bits per heavy atom. The van der Waals surface area contributed by atoms with E-state index in [1.54, 1.807) is 18.2 Å². The molecule has 0 N–H and O–H groups in total. The van der Waals surface area contributed by atoms with Crippen molar-refractivity contribution >= 4 is 38.7 Å². The Kier molecular flexibility index (Phi) is 3.35. The summed E-state index contributed by atoms with van der Waals surface area (Å²) in [5.41, 5.74) is 1.38. The molecule has 0 saturated carbocycles. The Balaban J connectivity index is 1.80. The van der Waals surface area contributed by atoms with Gasteiger partial charge in [-0.3, -0.25) is 0 Å². The van der Waals surface area contributed by atoms with Crippen LogP contribution in [-0.2, 0) is 10.0 Å². The van der Waals surface area contributed by atoms with E-state index >= 15 is 0 Å². The van der Waals surface area contributed by atoms with E-state index in [0.29, 0.717) is 42.8 Å². The molecule has 2 aromatic rings. The number of rotatable bonds is 2. The number of oxazole rings is 1. The molecule has 1 saturated heterocycles. The normalized spacial score (nSPS) is 17.8. The van der Waals surface area contributed by atoms with E-state index in [4.69, 9.17) is 16.0 Å². The van der Waals surface area contributed by atoms with E-state index in [-0.39, 0.29) is 0 Å². The number of hydrogen-bond acceptors (Lipinski definition) is 5. The van der Waals surface area contributed by atoms with Crippen LogP contribution in [0.1, 0.15) is 0 Å². The third-order valence-electron chi connectivity index (χ3n) is 3.32. The Labute approximate surface area is 122 Å². The summed E-state index contributed by atoms with van der Waals surface area (Å²) in [7, 11) is -3.12. The molecule has 0 amide bonds. The van der Waals surface area contributed by atoms with Crippen molar-refractivity contribution in [3.8, 4) is 0 Å². The monoisotopic (exact) mass is 315 g/mol. The minimum Gasteiger partial charge on any atom is -0.423 e. The highest BCUT2D eigenvalue weighted by Crippen LogP contribution is 2.25. The van der Waals surface area contributed by atoms with Gasteiger partial charge in [-0.05, 0) is 12.1 Å². The molecule has 0 aliphatic carbocycles. The van der Waals surface area contributed by atoms with Gasteiger partial charge in [0, 0.05) is 37.3 Å². The SMILES string of the molecule is CS(=O)(=O)N1CCN(c2nc3ccc(Cl)cc3o2)CC1. The number of anilines is 1. The van der Waals surface area contributed by atoms with Crippen molar-refractivity contribution in [2.75, 3.05) is 37.3 Å². The van der Waals surface area contributed by atoms with E-state index in [2.05, 4.69) is 4.98 Å². The van der Waals surface area contributed by atoms with Crippen LogP contribution in [0.2, 0.25) is 5.02 Å². The molecule has 1 fully saturated rings. The van der Waals surface area contributed by atoms with Crippen LogP contribution in [0, 0.1) is 0 Å². The number of fused-ring (bicyclic) bond motifs is 1. The van der Waals surface area contributed by atoms with Gasteiger partial charge in [0.15, 0.2) is 5.58 Å². The van der Waals surface area contributed by atoms with E-state index in [0.717, 1.165) is 5.52 Å². The summed E-state index contributed by atoms with van der Waals surface area (Å²) in [6, 6.07) is 5.80. The van der Waals surface area contributed by atoms with Gasteiger partial charge in [-0.2, -0.15) is 9.29 Å². The molecule has 0 bridgehead atoms. The lowest BCUT2D eigenvalue weighted by molar-refractivity contribution is 0.376. The van der Waals surface area contributed by atoms with Gasteiger partial charge in [-0.25, -0.2) is 8.42 Å². The Bertz CT molecular complexity index is 735. The maximum Gasteiger partial charge on any atom is 0.298 e. The van der Waals surface area contributed by atoms with Crippen molar-refractivity contribution < 1.29 is 12.8 Å². The quantitative estimate of drug-likeness (QED) is 0.841. The van der Waals surface area contributed by atoms with Gasteiger partial charge in [0.05, 0.1) is 6.26 Å². The topological polar surface area (TPSA) is 66.7 Å². The van der Waals surface area contributed by atoms with E-state index in [9.17, 15) is 8.42 Å². The summed E-state index contributed by atoms with van der Waals surface area (Å²) >= 11 is 5.91. The molecule has 1 aromatic carbocycles. The van der Waals surface area contributed by atoms with E-state index < -0.39 is 10.0 Å². The van der Waals surface area contributed by atoms with Gasteiger partial charge >= 0.3 is 0 Å². The summed E-state index contributed by atoms with van der Waals surface area (Å²) in [5, 5.41) is 0.599. The second-order valence-electron chi connectivity index (χ2n) is 4.76. The van der Waals surface area contributed by atoms with Crippen LogP contribution < -0.4 is 4.90 Å². The zero-order valence-electron chi connectivity index (χ0n) is 10.9. The predicted octanol–water partition coefficient (Wildman–Crippen LogP) is 1.56. The lowest BCUT2D eigenvalue weighted by atomic mass is 10.3. The first kappa shape index (κ1) is 13.7. The van der Waals surface area contributed by atoms with Crippen molar-refractivity contribution in [2.24, 2.45) is 0 Å². The fourth-order valence-electron chi connectivity index (χ4n) is 2.23. The van der Waals surface area contributed by atoms with Gasteiger partial charge in [0.1, 0.15) is 5.52 Å². The first-order valence-corrected chi connectivity index (χ1v) is 8.42. The van der Waals surface area contributed by atoms with Crippen molar-refractivity contribution in [3.63, 3.8) is 0 Å². The number of piperazine rings is 1. The number of nitrogens with zero attached hydrogens (tertiary/aromatic N) is 3. The Hall–Kier alpha value is -1.31. The zero-order valence-corrected chi connectivity index (χ0v) is 12.5. The first-order valence-electron chi connectivity index (χ1n) is 6.20. The molecule has 0 radical (unpaired) electrons. The van der Waals surface area contributed by atoms with Crippen molar-refractivity contribution in [1.29, 1.82) is 0 Å². The molecule has 2 heterocycles. The molecule has 1 aliphatic heterocycles. The largest absolute Gasteiger partial charge is 0.423 e. The van der Waals surface area contributed by atoms with Gasteiger partial charge in [-0.1, -0.05) is 11.6 Å². The minimum atomic E-state index is -3.12. The molecule has 1 aromatic heterocycles. The molecule has 1 aliphatic rings. The van der Waals surface area contributed by atoms with Crippen LogP contribution in [-0.4, -0.2) is 50.1 Å². The average Bonchev–Trinajstić information content (AvgIpc) is 2.80. The molecule has 20 heavy (non-hydrogen) atoms. The molecule has 0 unspecified atom stereocenters. The van der Waals surface area contributed by atoms with Gasteiger partial charge in [0.25, 0.3) is 6.01 Å². The number of halogens is 1. The fourth-order valence-corrected chi connectivity index (χ4v) is 3.22. The third-order valence-corrected chi connectivity index (χ3v) is 4.86. The van der Waals surface area contributed by atoms with Crippen LogP contribution in [0.25, 0.3) is 11.1 Å². The second-order valence-corrected chi connectivity index (χ2v) is 7.18. The second kappa shape index (κ2) is 4.91. The van der Waals surface area contributed by atoms with Crippen molar-refractivity contribution in [3.05, 3.63) is 23.2 Å². The van der Waals surface area contributed by atoms with Gasteiger partial charge in [0.2, 0.25) is 10.0 Å². The number of aromatic nitrogens is 1. The van der Waals surface area contributed by atoms with Crippen LogP contribution in [0.4, 0.5) is 6.01 Å². The van der Waals surface area contributed by atoms with Crippen LogP contribution >= 0.6 is 11.6 Å². The van der Waals surface area contributed by atoms with Crippen molar-refractivity contribution in [2.45, 2.75) is 0 Å². The number of hydrogen-bond donors (Lipinski definition) is 0. The maximum absolute atomic E-state index is 11.5. The fraction of sp³-hybridized carbons (Fsp3) is 0.417. The Morgan fingerprint density at radius 1 is 1.25 bits per heavy atom. The molecule has 108 valence electrons. The van der Waals surface area contributed by atoms with E-state index in [1.165, 1.54) is 10.6 Å². The third kappa shape index (κ3) is 2.61. The van der Waals surface area contributed by atoms with Crippen LogP contribution in [0.15, 0.2) is 22.6 Å². The summed E-state index contributed by atoms with van der Waals surface area (Å²) in [6.07, 6.45) is 1.23. The number of sulfonamides is 1. The standard InChI is InChI=1S/C12H14ClN3O3S/c1-20(17,18)16-6-4-15(5-7-16)12-14-10-3-2-9(13)8-11(10)19-12/h2-3,8H,4-7H2,1H3. The molecule has 6 nitrogen and oxygen atoms in total. The van der Waals surface area contributed by atoms with Crippen LogP contribution in [0.5, 0.6) is 0 Å². The summed E-state index contributed by atoms with van der Waals surface area (Å²) in [4.78, 5) is 6.34. The lowest BCUT2D eigenvalue weighted by Crippen LogP contribution is -2.48. The molecule has 0 atom stereocenters. The van der Waals surface area contributed by atoms with Gasteiger partial charge in [-0.15, -0.1) is 0 Å².